The van der Waals surface area contributed by atoms with Gasteiger partial charge in [-0.1, -0.05) is 183 Å². The molecule has 13 rings (SSSR count). The van der Waals surface area contributed by atoms with E-state index in [2.05, 4.69) is 220 Å². The number of fused-ring (bicyclic) bond motifs is 16. The van der Waals surface area contributed by atoms with Gasteiger partial charge in [-0.3, -0.25) is 0 Å². The van der Waals surface area contributed by atoms with Crippen LogP contribution < -0.4 is 4.90 Å². The van der Waals surface area contributed by atoms with Gasteiger partial charge in [0.05, 0.1) is 16.8 Å². The zero-order valence-corrected chi connectivity index (χ0v) is 35.1. The molecule has 9 aromatic carbocycles. The van der Waals surface area contributed by atoms with Crippen LogP contribution in [-0.4, -0.2) is 0 Å². The molecule has 0 aliphatic heterocycles. The lowest BCUT2D eigenvalue weighted by molar-refractivity contribution is 0.660. The van der Waals surface area contributed by atoms with Crippen molar-refractivity contribution in [1.29, 1.82) is 0 Å². The average molecular weight is 796 g/mol. The van der Waals surface area contributed by atoms with Gasteiger partial charge in [0, 0.05) is 36.8 Å². The van der Waals surface area contributed by atoms with E-state index in [0.717, 1.165) is 5.69 Å². The number of anilines is 3. The number of aryl methyl sites for hydroxylation is 1. The Hall–Kier alpha value is -7.00. The summed E-state index contributed by atoms with van der Waals surface area (Å²) in [5.41, 5.74) is 22.9. The van der Waals surface area contributed by atoms with Crippen LogP contribution in [0.5, 0.6) is 0 Å². The van der Waals surface area contributed by atoms with E-state index in [1.165, 1.54) is 115 Å². The summed E-state index contributed by atoms with van der Waals surface area (Å²) in [5, 5.41) is 2.57. The molecule has 61 heavy (non-hydrogen) atoms. The van der Waals surface area contributed by atoms with E-state index in [0.29, 0.717) is 0 Å². The monoisotopic (exact) mass is 795 g/mol. The van der Waals surface area contributed by atoms with E-state index >= 15 is 0 Å². The summed E-state index contributed by atoms with van der Waals surface area (Å²) in [6, 6.07) is 73.4. The Morgan fingerprint density at radius 2 is 1.03 bits per heavy atom. The predicted molar refractivity (Wildman–Crippen MR) is 258 cm³/mol. The van der Waals surface area contributed by atoms with E-state index in [4.69, 9.17) is 0 Å². The first-order chi connectivity index (χ1) is 29.9. The summed E-state index contributed by atoms with van der Waals surface area (Å²) in [4.78, 5) is 2.60. The van der Waals surface area contributed by atoms with Gasteiger partial charge in [-0.05, 0) is 110 Å². The van der Waals surface area contributed by atoms with Crippen molar-refractivity contribution in [3.8, 4) is 44.5 Å². The van der Waals surface area contributed by atoms with Crippen molar-refractivity contribution < 1.29 is 0 Å². The first-order valence-electron chi connectivity index (χ1n) is 21.4. The van der Waals surface area contributed by atoms with Crippen LogP contribution in [-0.2, 0) is 10.8 Å². The van der Waals surface area contributed by atoms with E-state index in [1.807, 2.05) is 11.3 Å². The molecule has 0 amide bonds. The average Bonchev–Trinajstić information content (AvgIpc) is 3.99. The van der Waals surface area contributed by atoms with Gasteiger partial charge in [0.1, 0.15) is 0 Å². The van der Waals surface area contributed by atoms with Crippen molar-refractivity contribution in [1.82, 2.24) is 0 Å². The Morgan fingerprint density at radius 1 is 0.426 bits per heavy atom. The van der Waals surface area contributed by atoms with Crippen LogP contribution in [0.3, 0.4) is 0 Å². The molecule has 0 atom stereocenters. The van der Waals surface area contributed by atoms with Crippen LogP contribution in [0.25, 0.3) is 64.7 Å². The van der Waals surface area contributed by atoms with E-state index in [-0.39, 0.29) is 5.41 Å². The molecule has 0 N–H and O–H groups in total. The second-order valence-electron chi connectivity index (χ2n) is 17.6. The fraction of sp³-hybridized carbons (Fsp3) is 0.0847. The third kappa shape index (κ3) is 4.55. The number of hydrogen-bond donors (Lipinski definition) is 0. The number of rotatable bonds is 4. The van der Waals surface area contributed by atoms with Crippen molar-refractivity contribution >= 4 is 48.6 Å². The number of nitrogens with zero attached hydrogens (tertiary/aromatic N) is 1. The second kappa shape index (κ2) is 12.5. The fourth-order valence-corrected chi connectivity index (χ4v) is 12.8. The molecule has 1 spiro atoms. The lowest BCUT2D eigenvalue weighted by Crippen LogP contribution is -2.26. The van der Waals surface area contributed by atoms with Gasteiger partial charge in [-0.2, -0.15) is 0 Å². The van der Waals surface area contributed by atoms with Crippen LogP contribution in [0.2, 0.25) is 0 Å². The SMILES string of the molecule is Cc1ccc2c(c1)C(C)(C)c1ccc(N(c3cccc4c3-c3ccccc3C43c4ccccc4-c4ccccc43)c3cccc4sc5c(-c6ccccc6)cccc5c34)cc1-2. The third-order valence-corrected chi connectivity index (χ3v) is 15.3. The molecule has 3 aliphatic rings. The maximum Gasteiger partial charge on any atom is 0.0726 e. The quantitative estimate of drug-likeness (QED) is 0.171. The zero-order valence-electron chi connectivity index (χ0n) is 34.3. The standard InChI is InChI=1S/C59H41NS/c1-36-30-32-42-45-35-38(31-33-46(45)58(2,3)51(42)34-36)60(53-28-15-29-54-56(53)44-22-13-21-39(57(44)61-54)37-16-5-4-6-17-37)52-27-14-26-50-55(52)43-20-9-12-25-49(43)59(50)47-23-10-7-18-40(47)41-19-8-11-24-48(41)59/h4-35H,1-3H3. The predicted octanol–water partition coefficient (Wildman–Crippen LogP) is 16.1. The normalized spacial score (nSPS) is 14.4. The topological polar surface area (TPSA) is 3.24 Å². The zero-order chi connectivity index (χ0) is 40.6. The summed E-state index contributed by atoms with van der Waals surface area (Å²) >= 11 is 1.90. The van der Waals surface area contributed by atoms with Crippen molar-refractivity contribution in [3.05, 3.63) is 233 Å². The maximum absolute atomic E-state index is 2.60. The number of hydrogen-bond acceptors (Lipinski definition) is 2. The maximum atomic E-state index is 2.60. The second-order valence-corrected chi connectivity index (χ2v) is 18.7. The molecule has 1 heterocycles. The number of benzene rings is 9. The van der Waals surface area contributed by atoms with Gasteiger partial charge in [0.25, 0.3) is 0 Å². The Bertz CT molecular complexity index is 3430. The highest BCUT2D eigenvalue weighted by molar-refractivity contribution is 7.26. The van der Waals surface area contributed by atoms with Crippen molar-refractivity contribution in [2.24, 2.45) is 0 Å². The first kappa shape index (κ1) is 34.8. The number of thiophene rings is 1. The molecule has 1 nitrogen and oxygen atoms in total. The molecular weight excluding hydrogens is 755 g/mol. The Morgan fingerprint density at radius 3 is 1.80 bits per heavy atom. The molecular formula is C59H41NS. The van der Waals surface area contributed by atoms with Crippen LogP contribution >= 0.6 is 11.3 Å². The van der Waals surface area contributed by atoms with Crippen molar-refractivity contribution in [2.75, 3.05) is 4.90 Å². The molecule has 0 radical (unpaired) electrons. The molecule has 0 bridgehead atoms. The molecule has 10 aromatic rings. The highest BCUT2D eigenvalue weighted by Crippen LogP contribution is 2.65. The van der Waals surface area contributed by atoms with Gasteiger partial charge < -0.3 is 4.90 Å². The molecule has 0 fully saturated rings. The van der Waals surface area contributed by atoms with Gasteiger partial charge in [0.15, 0.2) is 0 Å². The summed E-state index contributed by atoms with van der Waals surface area (Å²) in [7, 11) is 0. The van der Waals surface area contributed by atoms with E-state index in [9.17, 15) is 0 Å². The molecule has 1 aromatic heterocycles. The van der Waals surface area contributed by atoms with Gasteiger partial charge in [-0.25, -0.2) is 0 Å². The molecule has 0 saturated carbocycles. The Balaban J connectivity index is 1.14. The van der Waals surface area contributed by atoms with Crippen LogP contribution in [0.15, 0.2) is 194 Å². The van der Waals surface area contributed by atoms with Crippen LogP contribution in [0.1, 0.15) is 52.8 Å². The minimum absolute atomic E-state index is 0.0972. The third-order valence-electron chi connectivity index (χ3n) is 14.1. The highest BCUT2D eigenvalue weighted by Gasteiger charge is 2.52. The Kier molecular flexibility index (Phi) is 7.15. The molecule has 3 aliphatic carbocycles. The smallest absolute Gasteiger partial charge is 0.0726 e. The summed E-state index contributed by atoms with van der Waals surface area (Å²) in [6.07, 6.45) is 0. The molecule has 2 heteroatoms. The summed E-state index contributed by atoms with van der Waals surface area (Å²) < 4.78 is 2.60. The minimum atomic E-state index is -0.439. The van der Waals surface area contributed by atoms with Crippen molar-refractivity contribution in [2.45, 2.75) is 31.6 Å². The molecule has 288 valence electrons. The van der Waals surface area contributed by atoms with E-state index < -0.39 is 5.41 Å². The minimum Gasteiger partial charge on any atom is -0.309 e. The van der Waals surface area contributed by atoms with Crippen LogP contribution in [0.4, 0.5) is 17.1 Å². The lowest BCUT2D eigenvalue weighted by atomic mass is 9.70. The van der Waals surface area contributed by atoms with Gasteiger partial charge >= 0.3 is 0 Å². The summed E-state index contributed by atoms with van der Waals surface area (Å²) in [5.74, 6) is 0. The van der Waals surface area contributed by atoms with Crippen molar-refractivity contribution in [3.63, 3.8) is 0 Å². The first-order valence-corrected chi connectivity index (χ1v) is 22.2. The Labute approximate surface area is 360 Å². The molecule has 0 saturated heterocycles. The van der Waals surface area contributed by atoms with Gasteiger partial charge in [0.2, 0.25) is 0 Å². The van der Waals surface area contributed by atoms with Gasteiger partial charge in [-0.15, -0.1) is 11.3 Å². The highest BCUT2D eigenvalue weighted by atomic mass is 32.1. The lowest BCUT2D eigenvalue weighted by Gasteiger charge is -2.32. The largest absolute Gasteiger partial charge is 0.309 e. The summed E-state index contributed by atoms with van der Waals surface area (Å²) in [6.45, 7) is 6.98. The fourth-order valence-electron chi connectivity index (χ4n) is 11.6. The molecule has 0 unspecified atom stereocenters. The van der Waals surface area contributed by atoms with Crippen LogP contribution in [0, 0.1) is 6.92 Å². The van der Waals surface area contributed by atoms with E-state index in [1.54, 1.807) is 0 Å².